The molecule has 1 fully saturated rings. The minimum absolute atomic E-state index is 0.0374. The number of hydrogen-bond acceptors (Lipinski definition) is 3. The second-order valence-electron chi connectivity index (χ2n) is 6.70. The first-order valence-corrected chi connectivity index (χ1v) is 10.1. The van der Waals surface area contributed by atoms with Crippen molar-refractivity contribution in [2.24, 2.45) is 0 Å². The molecule has 0 saturated carbocycles. The number of benzene rings is 2. The van der Waals surface area contributed by atoms with Gasteiger partial charge in [-0.1, -0.05) is 48.0 Å². The summed E-state index contributed by atoms with van der Waals surface area (Å²) in [5.41, 5.74) is 2.40. The lowest BCUT2D eigenvalue weighted by Crippen LogP contribution is -3.14. The Morgan fingerprint density at radius 1 is 1.12 bits per heavy atom. The molecule has 0 unspecified atom stereocenters. The van der Waals surface area contributed by atoms with Crippen molar-refractivity contribution in [2.45, 2.75) is 17.9 Å². The number of amides is 1. The van der Waals surface area contributed by atoms with Gasteiger partial charge >= 0.3 is 0 Å². The Hall–Kier alpha value is -1.82. The van der Waals surface area contributed by atoms with Crippen molar-refractivity contribution >= 4 is 17.7 Å². The predicted molar refractivity (Wildman–Crippen MR) is 106 cm³/mol. The van der Waals surface area contributed by atoms with E-state index in [0.29, 0.717) is 5.75 Å². The molecule has 1 aliphatic heterocycles. The molecule has 1 saturated heterocycles. The Kier molecular flexibility index (Phi) is 7.12. The highest BCUT2D eigenvalue weighted by atomic mass is 32.2. The number of nitrogens with one attached hydrogen (secondary N) is 2. The molecule has 0 bridgehead atoms. The van der Waals surface area contributed by atoms with Crippen LogP contribution in [0.4, 0.5) is 0 Å². The van der Waals surface area contributed by atoms with Gasteiger partial charge in [-0.3, -0.25) is 4.79 Å². The van der Waals surface area contributed by atoms with Crippen molar-refractivity contribution in [3.8, 4) is 0 Å². The van der Waals surface area contributed by atoms with E-state index in [2.05, 4.69) is 48.6 Å². The van der Waals surface area contributed by atoms with E-state index >= 15 is 0 Å². The largest absolute Gasteiger partial charge is 0.370 e. The fourth-order valence-electron chi connectivity index (χ4n) is 3.11. The molecular formula is C21H27N2O2S+. The third-order valence-corrected chi connectivity index (χ3v) is 5.63. The highest BCUT2D eigenvalue weighted by Crippen LogP contribution is 2.18. The molecule has 0 aliphatic carbocycles. The van der Waals surface area contributed by atoms with Crippen molar-refractivity contribution < 1.29 is 14.4 Å². The summed E-state index contributed by atoms with van der Waals surface area (Å²) in [7, 11) is 0. The normalized spacial score (nSPS) is 16.2. The molecule has 1 heterocycles. The molecule has 4 nitrogen and oxygen atoms in total. The second kappa shape index (κ2) is 9.76. The molecule has 138 valence electrons. The maximum Gasteiger partial charge on any atom is 0.231 e. The monoisotopic (exact) mass is 371 g/mol. The van der Waals surface area contributed by atoms with E-state index in [1.807, 2.05) is 18.2 Å². The van der Waals surface area contributed by atoms with Gasteiger partial charge in [-0.25, -0.2) is 0 Å². The van der Waals surface area contributed by atoms with E-state index in [9.17, 15) is 4.79 Å². The summed E-state index contributed by atoms with van der Waals surface area (Å²) in [6, 6.07) is 18.6. The van der Waals surface area contributed by atoms with Gasteiger partial charge in [0.2, 0.25) is 5.91 Å². The van der Waals surface area contributed by atoms with Crippen LogP contribution in [0.25, 0.3) is 0 Å². The number of carbonyl (C=O) groups is 1. The molecule has 1 aliphatic rings. The summed E-state index contributed by atoms with van der Waals surface area (Å²) in [4.78, 5) is 15.2. The van der Waals surface area contributed by atoms with Crippen LogP contribution in [-0.4, -0.2) is 44.5 Å². The molecule has 2 aromatic carbocycles. The van der Waals surface area contributed by atoms with Gasteiger partial charge in [0, 0.05) is 4.90 Å². The van der Waals surface area contributed by atoms with Crippen LogP contribution in [0.15, 0.2) is 59.5 Å². The van der Waals surface area contributed by atoms with E-state index in [4.69, 9.17) is 4.74 Å². The first kappa shape index (κ1) is 19.0. The summed E-state index contributed by atoms with van der Waals surface area (Å²) in [5.74, 6) is 0.516. The number of aryl methyl sites for hydroxylation is 1. The number of ether oxygens (including phenoxy) is 1. The van der Waals surface area contributed by atoms with E-state index in [1.54, 1.807) is 11.8 Å². The Morgan fingerprint density at radius 2 is 1.81 bits per heavy atom. The zero-order valence-electron chi connectivity index (χ0n) is 15.2. The fraction of sp³-hybridized carbons (Fsp3) is 0.381. The number of thioether (sulfide) groups is 1. The summed E-state index contributed by atoms with van der Waals surface area (Å²) in [6.45, 7) is 6.56. The Bertz CT molecular complexity index is 685. The second-order valence-corrected chi connectivity index (χ2v) is 7.75. The van der Waals surface area contributed by atoms with Crippen LogP contribution < -0.4 is 10.2 Å². The molecule has 1 atom stereocenters. The van der Waals surface area contributed by atoms with Crippen LogP contribution in [0.3, 0.4) is 0 Å². The van der Waals surface area contributed by atoms with Crippen molar-refractivity contribution in [3.05, 3.63) is 65.7 Å². The quantitative estimate of drug-likeness (QED) is 0.730. The summed E-state index contributed by atoms with van der Waals surface area (Å²) < 4.78 is 5.45. The minimum atomic E-state index is 0.0374. The Morgan fingerprint density at radius 3 is 2.50 bits per heavy atom. The van der Waals surface area contributed by atoms with Crippen molar-refractivity contribution in [2.75, 3.05) is 38.6 Å². The number of rotatable bonds is 7. The molecule has 5 heteroatoms. The van der Waals surface area contributed by atoms with Gasteiger partial charge in [-0.2, -0.15) is 0 Å². The number of hydrogen-bond donors (Lipinski definition) is 2. The summed E-state index contributed by atoms with van der Waals surface area (Å²) in [5, 5.41) is 3.24. The lowest BCUT2D eigenvalue weighted by atomic mass is 10.1. The lowest BCUT2D eigenvalue weighted by molar-refractivity contribution is -0.909. The SMILES string of the molecule is Cc1ccc(SCC(=O)N[C@@H](C[NH+]2CCOCC2)c2ccccc2)cc1. The lowest BCUT2D eigenvalue weighted by Gasteiger charge is -2.28. The van der Waals surface area contributed by atoms with E-state index < -0.39 is 0 Å². The first-order chi connectivity index (χ1) is 12.7. The van der Waals surface area contributed by atoms with Gasteiger partial charge in [-0.15, -0.1) is 11.8 Å². The minimum Gasteiger partial charge on any atom is -0.370 e. The molecule has 26 heavy (non-hydrogen) atoms. The first-order valence-electron chi connectivity index (χ1n) is 9.16. The predicted octanol–water partition coefficient (Wildman–Crippen LogP) is 1.86. The number of morpholine rings is 1. The highest BCUT2D eigenvalue weighted by molar-refractivity contribution is 8.00. The zero-order chi connectivity index (χ0) is 18.2. The van der Waals surface area contributed by atoms with Crippen LogP contribution in [-0.2, 0) is 9.53 Å². The molecule has 3 rings (SSSR count). The standard InChI is InChI=1S/C21H26N2O2S/c1-17-7-9-19(10-8-17)26-16-21(24)22-20(18-5-3-2-4-6-18)15-23-11-13-25-14-12-23/h2-10,20H,11-16H2,1H3,(H,22,24)/p+1/t20-/m0/s1. The van der Waals surface area contributed by atoms with Crippen molar-refractivity contribution in [1.29, 1.82) is 0 Å². The van der Waals surface area contributed by atoms with Gasteiger partial charge in [0.1, 0.15) is 25.7 Å². The molecular weight excluding hydrogens is 344 g/mol. The Balaban J connectivity index is 1.58. The maximum atomic E-state index is 12.5. The topological polar surface area (TPSA) is 42.8 Å². The van der Waals surface area contributed by atoms with E-state index in [-0.39, 0.29) is 11.9 Å². The molecule has 0 radical (unpaired) electrons. The van der Waals surface area contributed by atoms with Gasteiger partial charge in [0.15, 0.2) is 0 Å². The van der Waals surface area contributed by atoms with Gasteiger partial charge in [-0.05, 0) is 24.6 Å². The smallest absolute Gasteiger partial charge is 0.231 e. The van der Waals surface area contributed by atoms with Crippen LogP contribution >= 0.6 is 11.8 Å². The molecule has 0 aromatic heterocycles. The summed E-state index contributed by atoms with van der Waals surface area (Å²) >= 11 is 1.58. The average Bonchev–Trinajstić information content (AvgIpc) is 2.68. The van der Waals surface area contributed by atoms with Gasteiger partial charge in [0.25, 0.3) is 0 Å². The number of quaternary nitrogens is 1. The van der Waals surface area contributed by atoms with Crippen molar-refractivity contribution in [3.63, 3.8) is 0 Å². The van der Waals surface area contributed by atoms with Gasteiger partial charge in [0.05, 0.1) is 19.0 Å². The third kappa shape index (κ3) is 5.87. The van der Waals surface area contributed by atoms with Crippen LogP contribution in [0.5, 0.6) is 0 Å². The molecule has 1 amide bonds. The van der Waals surface area contributed by atoms with Crippen LogP contribution in [0, 0.1) is 6.92 Å². The van der Waals surface area contributed by atoms with Gasteiger partial charge < -0.3 is 15.0 Å². The summed E-state index contributed by atoms with van der Waals surface area (Å²) in [6.07, 6.45) is 0. The average molecular weight is 372 g/mol. The number of carbonyl (C=O) groups excluding carboxylic acids is 1. The zero-order valence-corrected chi connectivity index (χ0v) is 16.1. The maximum absolute atomic E-state index is 12.5. The highest BCUT2D eigenvalue weighted by Gasteiger charge is 2.22. The Labute approximate surface area is 159 Å². The fourth-order valence-corrected chi connectivity index (χ4v) is 3.82. The molecule has 2 N–H and O–H groups in total. The van der Waals surface area contributed by atoms with Crippen LogP contribution in [0.1, 0.15) is 17.2 Å². The van der Waals surface area contributed by atoms with E-state index in [1.165, 1.54) is 16.0 Å². The third-order valence-electron chi connectivity index (χ3n) is 4.62. The van der Waals surface area contributed by atoms with E-state index in [0.717, 1.165) is 37.7 Å². The van der Waals surface area contributed by atoms with Crippen LogP contribution in [0.2, 0.25) is 0 Å². The molecule has 0 spiro atoms. The molecule has 2 aromatic rings. The van der Waals surface area contributed by atoms with Crippen molar-refractivity contribution in [1.82, 2.24) is 5.32 Å².